The average Bonchev–Trinajstić information content (AvgIpc) is 2.62. The molecule has 0 bridgehead atoms. The number of nitrogens with zero attached hydrogens (tertiary/aromatic N) is 3. The van der Waals surface area contributed by atoms with Crippen LogP contribution >= 0.6 is 12.0 Å². The van der Waals surface area contributed by atoms with Crippen molar-refractivity contribution in [1.82, 2.24) is 19.7 Å². The van der Waals surface area contributed by atoms with E-state index in [0.29, 0.717) is 12.0 Å². The molecule has 0 aliphatic heterocycles. The van der Waals surface area contributed by atoms with Crippen molar-refractivity contribution in [3.05, 3.63) is 18.2 Å². The molecular formula is C12H15Li2N7O8S3. The summed E-state index contributed by atoms with van der Waals surface area (Å²) < 4.78 is 62.4. The third-order valence-corrected chi connectivity index (χ3v) is 5.28. The summed E-state index contributed by atoms with van der Waals surface area (Å²) in [5, 5.41) is 18.7. The largest absolute Gasteiger partial charge is 1.00 e. The molecule has 0 fully saturated rings. The minimum Gasteiger partial charge on any atom is -0.744 e. The van der Waals surface area contributed by atoms with Gasteiger partial charge in [-0.3, -0.25) is 5.04 Å². The van der Waals surface area contributed by atoms with Crippen LogP contribution in [0.2, 0.25) is 0 Å². The summed E-state index contributed by atoms with van der Waals surface area (Å²) in [5.41, 5.74) is 5.60. The van der Waals surface area contributed by atoms with Crippen LogP contribution in [0, 0.1) is 0 Å². The topological polar surface area (TPSA) is 234 Å². The molecule has 0 atom stereocenters. The zero-order chi connectivity index (χ0) is 22.4. The van der Waals surface area contributed by atoms with Gasteiger partial charge >= 0.3 is 37.7 Å². The van der Waals surface area contributed by atoms with Crippen LogP contribution in [0.3, 0.4) is 0 Å². The molecule has 0 saturated heterocycles. The Bertz CT molecular complexity index is 1110. The van der Waals surface area contributed by atoms with Gasteiger partial charge in [0.25, 0.3) is 0 Å². The number of nitrogen functional groups attached to an aromatic ring is 1. The smallest absolute Gasteiger partial charge is 0.744 e. The van der Waals surface area contributed by atoms with Gasteiger partial charge in [-0.2, -0.15) is 19.3 Å². The second kappa shape index (κ2) is 13.5. The average molecular weight is 495 g/mol. The standard InChI is InChI=1S/C12H17N7O8S3.2Li/c1-29(21,22)15-5-4-14-11-17-10(13)18-12(19-11)16-8-6-7(30(23,24)25)2-3-9(8)28-27-26-20;;/h2-3,6,15,20H,4-5H2,1H3,(H,23,24,25)(H4,13,14,16,17,18,19);;/q;2*+1/p-2. The number of anilines is 4. The molecule has 1 aromatic heterocycles. The van der Waals surface area contributed by atoms with E-state index in [1.165, 1.54) is 6.07 Å². The molecule has 0 saturated carbocycles. The Hall–Kier alpha value is -1.13. The monoisotopic (exact) mass is 495 g/mol. The Labute approximate surface area is 211 Å². The van der Waals surface area contributed by atoms with Crippen LogP contribution in [0.25, 0.3) is 0 Å². The van der Waals surface area contributed by atoms with Crippen molar-refractivity contribution in [3.8, 4) is 0 Å². The second-order valence-electron chi connectivity index (χ2n) is 5.39. The minimum absolute atomic E-state index is 0. The van der Waals surface area contributed by atoms with Crippen LogP contribution in [0.5, 0.6) is 0 Å². The molecule has 1 heterocycles. The van der Waals surface area contributed by atoms with E-state index >= 15 is 0 Å². The van der Waals surface area contributed by atoms with Crippen LogP contribution in [0.1, 0.15) is 0 Å². The van der Waals surface area contributed by atoms with Crippen LogP contribution in [0.15, 0.2) is 28.0 Å². The molecule has 0 radical (unpaired) electrons. The van der Waals surface area contributed by atoms with Crippen molar-refractivity contribution >= 4 is 55.7 Å². The van der Waals surface area contributed by atoms with E-state index in [1.54, 1.807) is 0 Å². The number of hydrogen-bond acceptors (Lipinski definition) is 15. The molecular weight excluding hydrogens is 480 g/mol. The van der Waals surface area contributed by atoms with Gasteiger partial charge in [-0.15, -0.1) is 0 Å². The Morgan fingerprint density at radius 3 is 2.34 bits per heavy atom. The van der Waals surface area contributed by atoms with Crippen molar-refractivity contribution in [2.75, 3.05) is 35.7 Å². The van der Waals surface area contributed by atoms with Crippen molar-refractivity contribution in [3.63, 3.8) is 0 Å². The molecule has 0 spiro atoms. The molecule has 2 rings (SSSR count). The molecule has 2 aromatic rings. The summed E-state index contributed by atoms with van der Waals surface area (Å²) in [6, 6.07) is 3.17. The van der Waals surface area contributed by atoms with E-state index in [-0.39, 0.29) is 79.2 Å². The Balaban J connectivity index is 0.00000480. The maximum Gasteiger partial charge on any atom is 1.00 e. The fourth-order valence-corrected chi connectivity index (χ4v) is 3.34. The fourth-order valence-electron chi connectivity index (χ4n) is 1.94. The van der Waals surface area contributed by atoms with Gasteiger partial charge < -0.3 is 26.2 Å². The van der Waals surface area contributed by atoms with Gasteiger partial charge in [0.05, 0.1) is 33.8 Å². The van der Waals surface area contributed by atoms with Crippen LogP contribution < -0.4 is 64.1 Å². The normalized spacial score (nSPS) is 11.2. The number of nitrogens with one attached hydrogen (secondary N) is 3. The van der Waals surface area contributed by atoms with E-state index in [0.717, 1.165) is 18.4 Å². The summed E-state index contributed by atoms with van der Waals surface area (Å²) >= 11 is 0.436. The second-order valence-corrected chi connectivity index (χ2v) is 9.35. The van der Waals surface area contributed by atoms with Crippen molar-refractivity contribution < 1.29 is 73.7 Å². The van der Waals surface area contributed by atoms with Gasteiger partial charge in [0, 0.05) is 13.1 Å². The Morgan fingerprint density at radius 2 is 1.75 bits per heavy atom. The molecule has 5 N–H and O–H groups in total. The van der Waals surface area contributed by atoms with E-state index in [2.05, 4.69) is 39.7 Å². The first-order chi connectivity index (χ1) is 14.0. The van der Waals surface area contributed by atoms with Crippen molar-refractivity contribution in [1.29, 1.82) is 0 Å². The first-order valence-corrected chi connectivity index (χ1v) is 11.7. The van der Waals surface area contributed by atoms with Crippen LogP contribution in [-0.4, -0.2) is 55.7 Å². The summed E-state index contributed by atoms with van der Waals surface area (Å²) in [6.45, 7) is 0.166. The van der Waals surface area contributed by atoms with E-state index in [9.17, 15) is 26.6 Å². The third-order valence-electron chi connectivity index (χ3n) is 3.06. The number of sulfonamides is 1. The molecule has 32 heavy (non-hydrogen) atoms. The molecule has 15 nitrogen and oxygen atoms in total. The van der Waals surface area contributed by atoms with Crippen LogP contribution in [-0.2, 0) is 29.5 Å². The quantitative estimate of drug-likeness (QED) is 0.0566. The first kappa shape index (κ1) is 30.9. The number of aromatic nitrogens is 3. The molecule has 166 valence electrons. The Kier molecular flexibility index (Phi) is 13.1. The molecule has 1 aromatic carbocycles. The maximum absolute atomic E-state index is 11.3. The maximum atomic E-state index is 11.3. The number of benzene rings is 1. The van der Waals surface area contributed by atoms with E-state index < -0.39 is 25.0 Å². The van der Waals surface area contributed by atoms with Gasteiger partial charge in [0.2, 0.25) is 27.9 Å². The van der Waals surface area contributed by atoms with Crippen LogP contribution in [0.4, 0.5) is 23.5 Å². The van der Waals surface area contributed by atoms with Gasteiger partial charge in [0.15, 0.2) is 0 Å². The van der Waals surface area contributed by atoms with Gasteiger partial charge in [0.1, 0.15) is 10.1 Å². The van der Waals surface area contributed by atoms with Gasteiger partial charge in [-0.25, -0.2) is 21.6 Å². The summed E-state index contributed by atoms with van der Waals surface area (Å²) in [5.74, 6) is -0.375. The van der Waals surface area contributed by atoms with Crippen molar-refractivity contribution in [2.45, 2.75) is 9.79 Å². The number of nitrogens with two attached hydrogens (primary N) is 1. The molecule has 0 amide bonds. The SMILES string of the molecule is CS(=O)(=O)NCCNc1nc(N)nc(Nc2cc(S(=O)(=O)[O-])ccc2SOO[O-])n1.[Li+].[Li+]. The zero-order valence-corrected chi connectivity index (χ0v) is 19.5. The minimum atomic E-state index is -4.78. The summed E-state index contributed by atoms with van der Waals surface area (Å²) in [7, 11) is -8.14. The zero-order valence-electron chi connectivity index (χ0n) is 17.1. The molecule has 20 heteroatoms. The van der Waals surface area contributed by atoms with Gasteiger partial charge in [-0.1, -0.05) is 0 Å². The summed E-state index contributed by atoms with van der Waals surface area (Å²) in [6.07, 6.45) is 1.00. The Morgan fingerprint density at radius 1 is 1.09 bits per heavy atom. The molecule has 0 aliphatic carbocycles. The van der Waals surface area contributed by atoms with Crippen molar-refractivity contribution in [2.24, 2.45) is 0 Å². The summed E-state index contributed by atoms with van der Waals surface area (Å²) in [4.78, 5) is 11.3. The van der Waals surface area contributed by atoms with E-state index in [1.807, 2.05) is 0 Å². The predicted octanol–water partition coefficient (Wildman–Crippen LogP) is -7.70. The molecule has 0 aliphatic rings. The molecule has 0 unspecified atom stereocenters. The van der Waals surface area contributed by atoms with Gasteiger partial charge in [-0.05, 0) is 18.2 Å². The number of hydrogen-bond donors (Lipinski definition) is 4. The third kappa shape index (κ3) is 10.7. The first-order valence-electron chi connectivity index (χ1n) is 7.68. The number of rotatable bonds is 11. The predicted molar refractivity (Wildman–Crippen MR) is 101 cm³/mol. The fraction of sp³-hybridized carbons (Fsp3) is 0.250. The van der Waals surface area contributed by atoms with E-state index in [4.69, 9.17) is 5.73 Å².